The molecule has 0 radical (unpaired) electrons. The summed E-state index contributed by atoms with van der Waals surface area (Å²) in [5, 5.41) is 2.70. The van der Waals surface area contributed by atoms with Crippen LogP contribution in [0.15, 0.2) is 39.7 Å². The Morgan fingerprint density at radius 1 is 1.35 bits per heavy atom. The Morgan fingerprint density at radius 2 is 2.10 bits per heavy atom. The maximum absolute atomic E-state index is 12.0. The van der Waals surface area contributed by atoms with Crippen LogP contribution >= 0.6 is 31.9 Å². The van der Waals surface area contributed by atoms with Crippen LogP contribution in [-0.4, -0.2) is 23.0 Å². The molecule has 0 fully saturated rings. The van der Waals surface area contributed by atoms with E-state index in [0.29, 0.717) is 20.8 Å². The molecule has 1 aromatic heterocycles. The Kier molecular flexibility index (Phi) is 5.08. The monoisotopic (exact) mass is 399 g/mol. The SMILES string of the molecule is COc1ccccc1CC(=O)Nc1ncc(Br)nc1Br. The molecule has 0 bridgehead atoms. The summed E-state index contributed by atoms with van der Waals surface area (Å²) in [6.45, 7) is 0. The number of methoxy groups -OCH3 is 1. The minimum atomic E-state index is -0.188. The van der Waals surface area contributed by atoms with Gasteiger partial charge in [-0.3, -0.25) is 4.79 Å². The van der Waals surface area contributed by atoms with Crippen LogP contribution in [0.4, 0.5) is 5.82 Å². The molecular weight excluding hydrogens is 390 g/mol. The number of carbonyl (C=O) groups excluding carboxylic acids is 1. The molecule has 1 aromatic carbocycles. The van der Waals surface area contributed by atoms with Crippen molar-refractivity contribution in [3.05, 3.63) is 45.2 Å². The summed E-state index contributed by atoms with van der Waals surface area (Å²) in [6, 6.07) is 7.39. The lowest BCUT2D eigenvalue weighted by Crippen LogP contribution is -2.16. The average molecular weight is 401 g/mol. The number of para-hydroxylation sites is 1. The van der Waals surface area contributed by atoms with Crippen LogP contribution < -0.4 is 10.1 Å². The highest BCUT2D eigenvalue weighted by Gasteiger charge is 2.11. The molecule has 7 heteroatoms. The first kappa shape index (κ1) is 14.9. The summed E-state index contributed by atoms with van der Waals surface area (Å²) in [4.78, 5) is 20.2. The Bertz CT molecular complexity index is 635. The smallest absolute Gasteiger partial charge is 0.230 e. The highest BCUT2D eigenvalue weighted by molar-refractivity contribution is 9.11. The summed E-state index contributed by atoms with van der Waals surface area (Å²) in [6.07, 6.45) is 1.72. The number of amides is 1. The fourth-order valence-electron chi connectivity index (χ4n) is 1.63. The minimum Gasteiger partial charge on any atom is -0.496 e. The molecule has 0 aliphatic carbocycles. The molecule has 5 nitrogen and oxygen atoms in total. The van der Waals surface area contributed by atoms with E-state index in [2.05, 4.69) is 47.1 Å². The minimum absolute atomic E-state index is 0.188. The number of rotatable bonds is 4. The highest BCUT2D eigenvalue weighted by atomic mass is 79.9. The van der Waals surface area contributed by atoms with E-state index in [1.807, 2.05) is 24.3 Å². The third-order valence-electron chi connectivity index (χ3n) is 2.50. The number of hydrogen-bond donors (Lipinski definition) is 1. The van der Waals surface area contributed by atoms with Crippen molar-refractivity contribution >= 4 is 43.6 Å². The molecule has 104 valence electrons. The second kappa shape index (κ2) is 6.81. The molecule has 2 rings (SSSR count). The van der Waals surface area contributed by atoms with Crippen LogP contribution in [0.25, 0.3) is 0 Å². The second-order valence-corrected chi connectivity index (χ2v) is 5.43. The molecule has 0 saturated heterocycles. The van der Waals surface area contributed by atoms with Crippen molar-refractivity contribution < 1.29 is 9.53 Å². The molecule has 1 amide bonds. The maximum atomic E-state index is 12.0. The molecule has 0 aliphatic rings. The summed E-state index contributed by atoms with van der Waals surface area (Å²) in [5.41, 5.74) is 0.814. The van der Waals surface area contributed by atoms with Crippen molar-refractivity contribution in [2.75, 3.05) is 12.4 Å². The number of halogens is 2. The molecule has 1 heterocycles. The molecular formula is C13H11Br2N3O2. The van der Waals surface area contributed by atoms with Crippen molar-refractivity contribution in [3.8, 4) is 5.75 Å². The largest absolute Gasteiger partial charge is 0.496 e. The summed E-state index contributed by atoms with van der Waals surface area (Å²) in [7, 11) is 1.58. The van der Waals surface area contributed by atoms with Gasteiger partial charge in [0.05, 0.1) is 19.7 Å². The Balaban J connectivity index is 2.09. The fraction of sp³-hybridized carbons (Fsp3) is 0.154. The van der Waals surface area contributed by atoms with E-state index in [1.54, 1.807) is 7.11 Å². The molecule has 0 saturated carbocycles. The van der Waals surface area contributed by atoms with Gasteiger partial charge in [0.15, 0.2) is 5.82 Å². The van der Waals surface area contributed by atoms with Gasteiger partial charge in [0.1, 0.15) is 15.0 Å². The molecule has 2 aromatic rings. The lowest BCUT2D eigenvalue weighted by molar-refractivity contribution is -0.115. The van der Waals surface area contributed by atoms with E-state index >= 15 is 0 Å². The zero-order chi connectivity index (χ0) is 14.5. The molecule has 0 aliphatic heterocycles. The average Bonchev–Trinajstić information content (AvgIpc) is 2.42. The van der Waals surface area contributed by atoms with E-state index in [9.17, 15) is 4.79 Å². The van der Waals surface area contributed by atoms with Gasteiger partial charge in [-0.15, -0.1) is 0 Å². The van der Waals surface area contributed by atoms with E-state index < -0.39 is 0 Å². The number of nitrogens with one attached hydrogen (secondary N) is 1. The number of anilines is 1. The predicted octanol–water partition coefficient (Wildman–Crippen LogP) is 3.19. The zero-order valence-corrected chi connectivity index (χ0v) is 13.7. The molecule has 0 spiro atoms. The quantitative estimate of drug-likeness (QED) is 0.855. The van der Waals surface area contributed by atoms with Crippen molar-refractivity contribution in [3.63, 3.8) is 0 Å². The number of hydrogen-bond acceptors (Lipinski definition) is 4. The maximum Gasteiger partial charge on any atom is 0.230 e. The third kappa shape index (κ3) is 3.77. The van der Waals surface area contributed by atoms with E-state index in [4.69, 9.17) is 4.74 Å². The number of aromatic nitrogens is 2. The van der Waals surface area contributed by atoms with Gasteiger partial charge in [-0.1, -0.05) is 18.2 Å². The van der Waals surface area contributed by atoms with E-state index in [1.165, 1.54) is 6.20 Å². The second-order valence-electron chi connectivity index (χ2n) is 3.87. The first-order valence-corrected chi connectivity index (χ1v) is 7.28. The highest BCUT2D eigenvalue weighted by Crippen LogP contribution is 2.21. The van der Waals surface area contributed by atoms with Crippen molar-refractivity contribution in [1.82, 2.24) is 9.97 Å². The van der Waals surface area contributed by atoms with Crippen molar-refractivity contribution in [2.45, 2.75) is 6.42 Å². The molecule has 1 N–H and O–H groups in total. The van der Waals surface area contributed by atoms with Gasteiger partial charge in [0, 0.05) is 5.56 Å². The third-order valence-corrected chi connectivity index (χ3v) is 3.44. The standard InChI is InChI=1S/C13H11Br2N3O2/c1-20-9-5-3-2-4-8(9)6-11(19)18-13-12(15)17-10(14)7-16-13/h2-5,7H,6H2,1H3,(H,16,18,19). The van der Waals surface area contributed by atoms with E-state index in [-0.39, 0.29) is 12.3 Å². The van der Waals surface area contributed by atoms with Crippen LogP contribution in [0.5, 0.6) is 5.75 Å². The lowest BCUT2D eigenvalue weighted by Gasteiger charge is -2.09. The van der Waals surface area contributed by atoms with Crippen molar-refractivity contribution in [1.29, 1.82) is 0 Å². The van der Waals surface area contributed by atoms with E-state index in [0.717, 1.165) is 5.56 Å². The lowest BCUT2D eigenvalue weighted by atomic mass is 10.1. The van der Waals surface area contributed by atoms with Gasteiger partial charge in [-0.2, -0.15) is 0 Å². The fourth-order valence-corrected chi connectivity index (χ4v) is 2.54. The number of carbonyl (C=O) groups is 1. The summed E-state index contributed by atoms with van der Waals surface area (Å²) >= 11 is 6.45. The molecule has 0 unspecified atom stereocenters. The van der Waals surface area contributed by atoms with Gasteiger partial charge < -0.3 is 10.1 Å². The van der Waals surface area contributed by atoms with Crippen LogP contribution in [0, 0.1) is 0 Å². The number of ether oxygens (including phenoxy) is 1. The van der Waals surface area contributed by atoms with Crippen LogP contribution in [-0.2, 0) is 11.2 Å². The molecule has 20 heavy (non-hydrogen) atoms. The van der Waals surface area contributed by atoms with Gasteiger partial charge >= 0.3 is 0 Å². The van der Waals surface area contributed by atoms with Gasteiger partial charge in [0.25, 0.3) is 0 Å². The summed E-state index contributed by atoms with van der Waals surface area (Å²) < 4.78 is 6.27. The Hall–Kier alpha value is -1.47. The number of nitrogens with zero attached hydrogens (tertiary/aromatic N) is 2. The number of benzene rings is 1. The topological polar surface area (TPSA) is 64.1 Å². The van der Waals surface area contributed by atoms with Crippen molar-refractivity contribution in [2.24, 2.45) is 0 Å². The van der Waals surface area contributed by atoms with Crippen LogP contribution in [0.1, 0.15) is 5.56 Å². The Labute approximate surface area is 133 Å². The molecule has 0 atom stereocenters. The Morgan fingerprint density at radius 3 is 2.80 bits per heavy atom. The van der Waals surface area contributed by atoms with Gasteiger partial charge in [-0.05, 0) is 37.9 Å². The van der Waals surface area contributed by atoms with Gasteiger partial charge in [0.2, 0.25) is 5.91 Å². The van der Waals surface area contributed by atoms with Crippen LogP contribution in [0.3, 0.4) is 0 Å². The first-order chi connectivity index (χ1) is 9.60. The predicted molar refractivity (Wildman–Crippen MR) is 82.8 cm³/mol. The first-order valence-electron chi connectivity index (χ1n) is 5.70. The summed E-state index contributed by atoms with van der Waals surface area (Å²) in [5.74, 6) is 0.878. The van der Waals surface area contributed by atoms with Gasteiger partial charge in [-0.25, -0.2) is 9.97 Å². The van der Waals surface area contributed by atoms with Crippen LogP contribution in [0.2, 0.25) is 0 Å². The normalized spacial score (nSPS) is 10.2. The zero-order valence-electron chi connectivity index (χ0n) is 10.6.